The number of hydrogen-bond acceptors (Lipinski definition) is 3. The third-order valence-electron chi connectivity index (χ3n) is 1.65. The van der Waals surface area contributed by atoms with Crippen molar-refractivity contribution < 1.29 is 9.84 Å². The van der Waals surface area contributed by atoms with Gasteiger partial charge in [0.15, 0.2) is 0 Å². The number of hydrogen-bond donors (Lipinski definition) is 1. The Labute approximate surface area is 90.1 Å². The summed E-state index contributed by atoms with van der Waals surface area (Å²) >= 11 is 2.04. The Balaban J connectivity index is 3.31. The minimum atomic E-state index is -0.0792. The highest BCUT2D eigenvalue weighted by Gasteiger charge is 2.07. The average molecular weight is 289 g/mol. The second kappa shape index (κ2) is 4.44. The molecule has 0 fully saturated rings. The largest absolute Gasteiger partial charge is 0.497 e. The Bertz CT molecular complexity index is 357. The summed E-state index contributed by atoms with van der Waals surface area (Å²) in [7, 11) is 1.53. The molecule has 0 radical (unpaired) electrons. The van der Waals surface area contributed by atoms with Crippen molar-refractivity contribution in [2.24, 2.45) is 0 Å². The molecule has 0 aliphatic heterocycles. The zero-order chi connectivity index (χ0) is 9.84. The topological polar surface area (TPSA) is 53.2 Å². The van der Waals surface area contributed by atoms with Gasteiger partial charge in [-0.2, -0.15) is 5.26 Å². The summed E-state index contributed by atoms with van der Waals surface area (Å²) < 4.78 is 5.77. The summed E-state index contributed by atoms with van der Waals surface area (Å²) in [6.45, 7) is -0.0792. The Kier molecular flexibility index (Phi) is 3.51. The summed E-state index contributed by atoms with van der Waals surface area (Å²) in [5, 5.41) is 17.8. The molecule has 0 saturated heterocycles. The van der Waals surface area contributed by atoms with Crippen LogP contribution >= 0.6 is 22.6 Å². The maximum atomic E-state index is 8.99. The van der Waals surface area contributed by atoms with Gasteiger partial charge >= 0.3 is 0 Å². The van der Waals surface area contributed by atoms with Crippen LogP contribution in [0.2, 0.25) is 0 Å². The lowest BCUT2D eigenvalue weighted by molar-refractivity contribution is 0.280. The first-order valence-electron chi connectivity index (χ1n) is 3.60. The summed E-state index contributed by atoms with van der Waals surface area (Å²) in [5.74, 6) is 0.598. The van der Waals surface area contributed by atoms with Gasteiger partial charge in [-0.15, -0.1) is 0 Å². The number of nitriles is 1. The highest BCUT2D eigenvalue weighted by molar-refractivity contribution is 14.1. The van der Waals surface area contributed by atoms with E-state index in [2.05, 4.69) is 0 Å². The van der Waals surface area contributed by atoms with E-state index in [1.54, 1.807) is 12.1 Å². The number of nitrogens with zero attached hydrogens (tertiary/aromatic N) is 1. The molecular formula is C9H8INO2. The molecule has 4 heteroatoms. The van der Waals surface area contributed by atoms with Gasteiger partial charge in [0.1, 0.15) is 11.8 Å². The number of ether oxygens (including phenoxy) is 1. The van der Waals surface area contributed by atoms with E-state index in [1.807, 2.05) is 28.7 Å². The monoisotopic (exact) mass is 289 g/mol. The van der Waals surface area contributed by atoms with Crippen molar-refractivity contribution in [1.29, 1.82) is 5.26 Å². The van der Waals surface area contributed by atoms with Gasteiger partial charge in [0.25, 0.3) is 0 Å². The first-order chi connectivity index (χ1) is 6.22. The molecule has 0 aromatic heterocycles. The van der Waals surface area contributed by atoms with E-state index in [-0.39, 0.29) is 6.61 Å². The van der Waals surface area contributed by atoms with Crippen molar-refractivity contribution in [2.45, 2.75) is 6.61 Å². The molecule has 0 heterocycles. The molecule has 0 spiro atoms. The van der Waals surface area contributed by atoms with Gasteiger partial charge < -0.3 is 9.84 Å². The normalized spacial score (nSPS) is 9.38. The Morgan fingerprint density at radius 3 is 2.77 bits per heavy atom. The van der Waals surface area contributed by atoms with Crippen LogP contribution in [-0.4, -0.2) is 12.2 Å². The zero-order valence-corrected chi connectivity index (χ0v) is 9.20. The van der Waals surface area contributed by atoms with E-state index in [0.29, 0.717) is 11.3 Å². The van der Waals surface area contributed by atoms with E-state index in [4.69, 9.17) is 15.1 Å². The number of benzene rings is 1. The van der Waals surface area contributed by atoms with E-state index in [0.717, 1.165) is 9.13 Å². The predicted molar refractivity (Wildman–Crippen MR) is 56.3 cm³/mol. The first kappa shape index (κ1) is 10.3. The summed E-state index contributed by atoms with van der Waals surface area (Å²) in [6, 6.07) is 5.42. The average Bonchev–Trinajstić information content (AvgIpc) is 2.18. The lowest BCUT2D eigenvalue weighted by Gasteiger charge is -2.06. The molecule has 1 rings (SSSR count). The molecule has 1 N–H and O–H groups in total. The highest BCUT2D eigenvalue weighted by Crippen LogP contribution is 2.23. The van der Waals surface area contributed by atoms with Gasteiger partial charge in [0, 0.05) is 3.57 Å². The van der Waals surface area contributed by atoms with Gasteiger partial charge in [0.05, 0.1) is 19.3 Å². The van der Waals surface area contributed by atoms with Gasteiger partial charge in [-0.3, -0.25) is 0 Å². The molecule has 0 bridgehead atoms. The zero-order valence-electron chi connectivity index (χ0n) is 7.04. The van der Waals surface area contributed by atoms with E-state index >= 15 is 0 Å². The fourth-order valence-corrected chi connectivity index (χ4v) is 1.57. The summed E-state index contributed by atoms with van der Waals surface area (Å²) in [6.07, 6.45) is 0. The van der Waals surface area contributed by atoms with Gasteiger partial charge in [-0.25, -0.2) is 0 Å². The fraction of sp³-hybridized carbons (Fsp3) is 0.222. The van der Waals surface area contributed by atoms with Crippen LogP contribution in [0.5, 0.6) is 5.75 Å². The molecule has 1 aromatic rings. The van der Waals surface area contributed by atoms with Crippen molar-refractivity contribution in [1.82, 2.24) is 0 Å². The highest BCUT2D eigenvalue weighted by atomic mass is 127. The van der Waals surface area contributed by atoms with Crippen LogP contribution in [0.4, 0.5) is 0 Å². The number of rotatable bonds is 2. The van der Waals surface area contributed by atoms with E-state index < -0.39 is 0 Å². The van der Waals surface area contributed by atoms with Gasteiger partial charge in [0.2, 0.25) is 0 Å². The molecule has 0 amide bonds. The predicted octanol–water partition coefficient (Wildman–Crippen LogP) is 1.66. The van der Waals surface area contributed by atoms with Crippen molar-refractivity contribution in [3.8, 4) is 11.8 Å². The van der Waals surface area contributed by atoms with Gasteiger partial charge in [-0.05, 0) is 40.3 Å². The fourth-order valence-electron chi connectivity index (χ4n) is 0.970. The molecule has 13 heavy (non-hydrogen) atoms. The molecule has 68 valence electrons. The van der Waals surface area contributed by atoms with Crippen LogP contribution in [0.3, 0.4) is 0 Å². The van der Waals surface area contributed by atoms with Crippen LogP contribution < -0.4 is 4.74 Å². The third kappa shape index (κ3) is 2.11. The number of methoxy groups -OCH3 is 1. The lowest BCUT2D eigenvalue weighted by Crippen LogP contribution is -1.94. The molecule has 3 nitrogen and oxygen atoms in total. The van der Waals surface area contributed by atoms with Crippen LogP contribution in [0, 0.1) is 14.9 Å². The second-order valence-electron chi connectivity index (χ2n) is 2.42. The van der Waals surface area contributed by atoms with E-state index in [9.17, 15) is 0 Å². The maximum Gasteiger partial charge on any atom is 0.120 e. The number of halogens is 1. The molecule has 0 aliphatic rings. The van der Waals surface area contributed by atoms with Crippen molar-refractivity contribution >= 4 is 22.6 Å². The van der Waals surface area contributed by atoms with Crippen LogP contribution in [-0.2, 0) is 6.61 Å². The van der Waals surface area contributed by atoms with E-state index in [1.165, 1.54) is 7.11 Å². The maximum absolute atomic E-state index is 8.99. The lowest BCUT2D eigenvalue weighted by atomic mass is 10.1. The Morgan fingerprint density at radius 2 is 2.31 bits per heavy atom. The third-order valence-corrected chi connectivity index (χ3v) is 2.92. The summed E-state index contributed by atoms with van der Waals surface area (Å²) in [5.41, 5.74) is 1.25. The molecule has 0 aliphatic carbocycles. The van der Waals surface area contributed by atoms with Crippen molar-refractivity contribution in [3.05, 3.63) is 26.8 Å². The van der Waals surface area contributed by atoms with Crippen molar-refractivity contribution in [3.63, 3.8) is 0 Å². The first-order valence-corrected chi connectivity index (χ1v) is 4.68. The molecular weight excluding hydrogens is 281 g/mol. The molecule has 1 aromatic carbocycles. The molecule has 0 atom stereocenters. The van der Waals surface area contributed by atoms with Crippen LogP contribution in [0.25, 0.3) is 0 Å². The SMILES string of the molecule is COc1cc(C#N)c(I)c(CO)c1. The van der Waals surface area contributed by atoms with Crippen molar-refractivity contribution in [2.75, 3.05) is 7.11 Å². The smallest absolute Gasteiger partial charge is 0.120 e. The minimum Gasteiger partial charge on any atom is -0.497 e. The Hall–Kier alpha value is -0.800. The quantitative estimate of drug-likeness (QED) is 0.842. The van der Waals surface area contributed by atoms with Gasteiger partial charge in [-0.1, -0.05) is 0 Å². The van der Waals surface area contributed by atoms with Crippen LogP contribution in [0.15, 0.2) is 12.1 Å². The minimum absolute atomic E-state index is 0.0792. The summed E-state index contributed by atoms with van der Waals surface area (Å²) in [4.78, 5) is 0. The molecule has 0 unspecified atom stereocenters. The number of aliphatic hydroxyl groups excluding tert-OH is 1. The molecule has 0 saturated carbocycles. The second-order valence-corrected chi connectivity index (χ2v) is 3.50. The standard InChI is InChI=1S/C9H8INO2/c1-13-8-2-6(4-11)9(10)7(3-8)5-12/h2-3,12H,5H2,1H3. The van der Waals surface area contributed by atoms with Crippen LogP contribution in [0.1, 0.15) is 11.1 Å². The Morgan fingerprint density at radius 1 is 1.62 bits per heavy atom. The number of aliphatic hydroxyl groups is 1.